The highest BCUT2D eigenvalue weighted by molar-refractivity contribution is 14.1. The van der Waals surface area contributed by atoms with E-state index in [-0.39, 0.29) is 22.6 Å². The maximum absolute atomic E-state index is 11.6. The number of carboxylic acids is 1. The predicted octanol–water partition coefficient (Wildman–Crippen LogP) is 4.14. The molecule has 3 rings (SSSR count). The molecule has 0 saturated heterocycles. The van der Waals surface area contributed by atoms with Gasteiger partial charge in [-0.05, 0) is 65.4 Å². The fraction of sp³-hybridized carbons (Fsp3) is 0.0588. The number of hydrogen-bond donors (Lipinski definition) is 2. The fourth-order valence-electron chi connectivity index (χ4n) is 2.51. The zero-order chi connectivity index (χ0) is 18.8. The van der Waals surface area contributed by atoms with E-state index in [9.17, 15) is 20.0 Å². The number of aromatic carboxylic acids is 1. The molecule has 0 saturated carbocycles. The summed E-state index contributed by atoms with van der Waals surface area (Å²) in [6.07, 6.45) is 3.05. The number of aromatic nitrogens is 2. The van der Waals surface area contributed by atoms with Gasteiger partial charge in [0.15, 0.2) is 0 Å². The van der Waals surface area contributed by atoms with Crippen molar-refractivity contribution in [3.05, 3.63) is 73.6 Å². The van der Waals surface area contributed by atoms with Crippen LogP contribution in [0.3, 0.4) is 0 Å². The SMILES string of the molecule is Cc1cc(I)ccc1Nc1cc(-n2cccn2)c([N+](=O)[O-])cc1C(=O)O. The summed E-state index contributed by atoms with van der Waals surface area (Å²) in [4.78, 5) is 22.4. The molecule has 1 heterocycles. The van der Waals surface area contributed by atoms with E-state index < -0.39 is 10.9 Å². The summed E-state index contributed by atoms with van der Waals surface area (Å²) >= 11 is 2.19. The average molecular weight is 464 g/mol. The van der Waals surface area contributed by atoms with Gasteiger partial charge < -0.3 is 10.4 Å². The molecule has 0 amide bonds. The van der Waals surface area contributed by atoms with Gasteiger partial charge in [0.05, 0.1) is 16.2 Å². The molecule has 2 N–H and O–H groups in total. The van der Waals surface area contributed by atoms with Gasteiger partial charge in [-0.1, -0.05) is 0 Å². The number of nitro groups is 1. The Hall–Kier alpha value is -2.95. The van der Waals surface area contributed by atoms with Crippen LogP contribution in [0.1, 0.15) is 15.9 Å². The first-order chi connectivity index (χ1) is 12.4. The van der Waals surface area contributed by atoms with Gasteiger partial charge in [-0.15, -0.1) is 0 Å². The van der Waals surface area contributed by atoms with Crippen LogP contribution >= 0.6 is 22.6 Å². The molecule has 26 heavy (non-hydrogen) atoms. The molecule has 0 aliphatic rings. The molecular formula is C17H13IN4O4. The second-order valence-corrected chi connectivity index (χ2v) is 6.73. The summed E-state index contributed by atoms with van der Waals surface area (Å²) in [5, 5.41) is 28.0. The molecule has 0 aliphatic carbocycles. The van der Waals surface area contributed by atoms with Crippen molar-refractivity contribution in [1.29, 1.82) is 0 Å². The number of aryl methyl sites for hydroxylation is 1. The van der Waals surface area contributed by atoms with E-state index in [4.69, 9.17) is 0 Å². The minimum atomic E-state index is -1.26. The van der Waals surface area contributed by atoms with E-state index in [1.54, 1.807) is 12.3 Å². The lowest BCUT2D eigenvalue weighted by molar-refractivity contribution is -0.384. The minimum absolute atomic E-state index is 0.177. The Kier molecular flexibility index (Phi) is 4.89. The van der Waals surface area contributed by atoms with Gasteiger partial charge >= 0.3 is 5.97 Å². The molecule has 2 aromatic carbocycles. The van der Waals surface area contributed by atoms with Crippen molar-refractivity contribution in [1.82, 2.24) is 9.78 Å². The molecule has 0 atom stereocenters. The highest BCUT2D eigenvalue weighted by Gasteiger charge is 2.23. The second-order valence-electron chi connectivity index (χ2n) is 5.48. The van der Waals surface area contributed by atoms with Gasteiger partial charge in [0.1, 0.15) is 5.69 Å². The van der Waals surface area contributed by atoms with Gasteiger partial charge in [-0.2, -0.15) is 5.10 Å². The van der Waals surface area contributed by atoms with Crippen molar-refractivity contribution >= 4 is 45.6 Å². The lowest BCUT2D eigenvalue weighted by Crippen LogP contribution is -2.08. The minimum Gasteiger partial charge on any atom is -0.478 e. The zero-order valence-electron chi connectivity index (χ0n) is 13.5. The van der Waals surface area contributed by atoms with Crippen LogP contribution in [0.5, 0.6) is 0 Å². The molecule has 132 valence electrons. The Bertz CT molecular complexity index is 1000. The number of hydrogen-bond acceptors (Lipinski definition) is 5. The van der Waals surface area contributed by atoms with E-state index >= 15 is 0 Å². The second kappa shape index (κ2) is 7.12. The molecule has 0 spiro atoms. The van der Waals surface area contributed by atoms with E-state index in [1.165, 1.54) is 16.9 Å². The number of benzene rings is 2. The fourth-order valence-corrected chi connectivity index (χ4v) is 3.16. The summed E-state index contributed by atoms with van der Waals surface area (Å²) in [5.41, 5.74) is 1.54. The van der Waals surface area contributed by atoms with Crippen LogP contribution in [0.15, 0.2) is 48.8 Å². The molecular weight excluding hydrogens is 451 g/mol. The Morgan fingerprint density at radius 3 is 2.65 bits per heavy atom. The first kappa shape index (κ1) is 17.9. The van der Waals surface area contributed by atoms with Gasteiger partial charge in [0.2, 0.25) is 0 Å². The number of rotatable bonds is 5. The van der Waals surface area contributed by atoms with Crippen LogP contribution < -0.4 is 5.32 Å². The van der Waals surface area contributed by atoms with E-state index in [1.807, 2.05) is 25.1 Å². The molecule has 0 radical (unpaired) electrons. The van der Waals surface area contributed by atoms with Gasteiger partial charge in [-0.3, -0.25) is 10.1 Å². The lowest BCUT2D eigenvalue weighted by atomic mass is 10.1. The van der Waals surface area contributed by atoms with Crippen molar-refractivity contribution in [2.75, 3.05) is 5.32 Å². The van der Waals surface area contributed by atoms with Crippen LogP contribution in [0, 0.1) is 20.6 Å². The third kappa shape index (κ3) is 3.52. The largest absolute Gasteiger partial charge is 0.478 e. The normalized spacial score (nSPS) is 10.5. The quantitative estimate of drug-likeness (QED) is 0.334. The summed E-state index contributed by atoms with van der Waals surface area (Å²) in [6, 6.07) is 9.76. The number of nitrogens with zero attached hydrogens (tertiary/aromatic N) is 3. The smallest absolute Gasteiger partial charge is 0.338 e. The van der Waals surface area contributed by atoms with Gasteiger partial charge in [0.25, 0.3) is 5.69 Å². The molecule has 0 fully saturated rings. The first-order valence-electron chi connectivity index (χ1n) is 7.45. The van der Waals surface area contributed by atoms with Crippen molar-refractivity contribution in [3.8, 4) is 5.69 Å². The van der Waals surface area contributed by atoms with Gasteiger partial charge in [0, 0.05) is 27.7 Å². The number of carbonyl (C=O) groups is 1. The van der Waals surface area contributed by atoms with Crippen molar-refractivity contribution in [3.63, 3.8) is 0 Å². The predicted molar refractivity (Wildman–Crippen MR) is 104 cm³/mol. The number of anilines is 2. The monoisotopic (exact) mass is 464 g/mol. The Morgan fingerprint density at radius 1 is 1.31 bits per heavy atom. The molecule has 0 unspecified atom stereocenters. The third-order valence-corrected chi connectivity index (χ3v) is 4.42. The summed E-state index contributed by atoms with van der Waals surface area (Å²) in [6.45, 7) is 1.89. The van der Waals surface area contributed by atoms with E-state index in [0.717, 1.165) is 15.2 Å². The van der Waals surface area contributed by atoms with Crippen molar-refractivity contribution < 1.29 is 14.8 Å². The summed E-state index contributed by atoms with van der Waals surface area (Å²) in [5.74, 6) is -1.26. The van der Waals surface area contributed by atoms with Crippen LogP contribution in [0.4, 0.5) is 17.1 Å². The van der Waals surface area contributed by atoms with Crippen LogP contribution in [-0.2, 0) is 0 Å². The Balaban J connectivity index is 2.18. The highest BCUT2D eigenvalue weighted by atomic mass is 127. The number of halogens is 1. The maximum atomic E-state index is 11.6. The topological polar surface area (TPSA) is 110 Å². The Morgan fingerprint density at radius 2 is 2.08 bits per heavy atom. The summed E-state index contributed by atoms with van der Waals surface area (Å²) in [7, 11) is 0. The first-order valence-corrected chi connectivity index (χ1v) is 8.53. The molecule has 8 nitrogen and oxygen atoms in total. The number of nitro benzene ring substituents is 1. The van der Waals surface area contributed by atoms with Crippen LogP contribution in [0.25, 0.3) is 5.69 Å². The standard InChI is InChI=1S/C17H13IN4O4/c1-10-7-11(18)3-4-13(10)20-14-9-15(21-6-2-5-19-21)16(22(25)26)8-12(14)17(23)24/h2-9,20H,1H3,(H,23,24). The van der Waals surface area contributed by atoms with E-state index in [2.05, 4.69) is 33.0 Å². The number of carboxylic acid groups (broad SMARTS) is 1. The van der Waals surface area contributed by atoms with Crippen LogP contribution in [-0.4, -0.2) is 25.8 Å². The van der Waals surface area contributed by atoms with E-state index in [0.29, 0.717) is 5.69 Å². The lowest BCUT2D eigenvalue weighted by Gasteiger charge is -2.14. The molecule has 0 aliphatic heterocycles. The van der Waals surface area contributed by atoms with Crippen molar-refractivity contribution in [2.24, 2.45) is 0 Å². The third-order valence-electron chi connectivity index (χ3n) is 3.75. The summed E-state index contributed by atoms with van der Waals surface area (Å²) < 4.78 is 2.38. The molecule has 0 bridgehead atoms. The zero-order valence-corrected chi connectivity index (χ0v) is 15.7. The van der Waals surface area contributed by atoms with Crippen LogP contribution in [0.2, 0.25) is 0 Å². The average Bonchev–Trinajstić information content (AvgIpc) is 3.11. The number of nitrogens with one attached hydrogen (secondary N) is 1. The molecule has 3 aromatic rings. The molecule has 1 aromatic heterocycles. The maximum Gasteiger partial charge on any atom is 0.338 e. The molecule has 9 heteroatoms. The Labute approximate surface area is 161 Å². The van der Waals surface area contributed by atoms with Gasteiger partial charge in [-0.25, -0.2) is 9.48 Å². The highest BCUT2D eigenvalue weighted by Crippen LogP contribution is 2.32. The van der Waals surface area contributed by atoms with Crippen molar-refractivity contribution in [2.45, 2.75) is 6.92 Å².